The molecular formula is C27H31N2O6P. The first-order valence-corrected chi connectivity index (χ1v) is 13.5. The lowest BCUT2D eigenvalue weighted by Gasteiger charge is -2.26. The van der Waals surface area contributed by atoms with E-state index >= 15 is 0 Å². The third-order valence-corrected chi connectivity index (χ3v) is 8.15. The number of rotatable bonds is 11. The minimum absolute atomic E-state index is 0.0825. The number of carboxylic acids is 1. The quantitative estimate of drug-likeness (QED) is 0.248. The highest BCUT2D eigenvalue weighted by Gasteiger charge is 2.37. The van der Waals surface area contributed by atoms with Crippen LogP contribution in [0.1, 0.15) is 23.8 Å². The molecule has 0 aliphatic carbocycles. The van der Waals surface area contributed by atoms with Gasteiger partial charge >= 0.3 is 5.97 Å². The number of aliphatic hydroxyl groups is 1. The second-order valence-corrected chi connectivity index (χ2v) is 11.3. The van der Waals surface area contributed by atoms with Gasteiger partial charge in [-0.25, -0.2) is 4.79 Å². The molecule has 9 heteroatoms. The zero-order chi connectivity index (χ0) is 26.3. The van der Waals surface area contributed by atoms with E-state index < -0.39 is 49.3 Å². The molecule has 0 radical (unpaired) electrons. The number of hydrogen-bond acceptors (Lipinski definition) is 5. The molecule has 0 spiro atoms. The van der Waals surface area contributed by atoms with Crippen molar-refractivity contribution in [3.63, 3.8) is 0 Å². The molecule has 190 valence electrons. The Kier molecular flexibility index (Phi) is 9.18. The maximum Gasteiger partial charge on any atom is 0.328 e. The van der Waals surface area contributed by atoms with Crippen molar-refractivity contribution in [3.05, 3.63) is 96.1 Å². The van der Waals surface area contributed by atoms with Gasteiger partial charge in [-0.1, -0.05) is 84.9 Å². The summed E-state index contributed by atoms with van der Waals surface area (Å²) in [6.07, 6.45) is -1.73. The van der Waals surface area contributed by atoms with Gasteiger partial charge in [-0.3, -0.25) is 9.36 Å². The molecule has 0 fully saturated rings. The van der Waals surface area contributed by atoms with E-state index in [1.54, 1.807) is 30.3 Å². The van der Waals surface area contributed by atoms with E-state index in [-0.39, 0.29) is 6.42 Å². The van der Waals surface area contributed by atoms with Crippen molar-refractivity contribution in [2.24, 2.45) is 11.7 Å². The summed E-state index contributed by atoms with van der Waals surface area (Å²) in [7, 11) is -4.09. The maximum atomic E-state index is 13.3. The van der Waals surface area contributed by atoms with Gasteiger partial charge in [-0.05, 0) is 35.6 Å². The molecule has 0 aliphatic heterocycles. The summed E-state index contributed by atoms with van der Waals surface area (Å²) < 4.78 is 13.3. The molecule has 0 bridgehead atoms. The average molecular weight is 511 g/mol. The number of benzene rings is 3. The molecule has 3 aromatic rings. The predicted octanol–water partition coefficient (Wildman–Crippen LogP) is 3.39. The van der Waals surface area contributed by atoms with Gasteiger partial charge in [0.25, 0.3) is 0 Å². The number of hydrogen-bond donors (Lipinski definition) is 5. The lowest BCUT2D eigenvalue weighted by Crippen LogP contribution is -2.50. The Balaban J connectivity index is 1.86. The Hall–Kier alpha value is -3.29. The van der Waals surface area contributed by atoms with Gasteiger partial charge in [0.1, 0.15) is 5.78 Å². The van der Waals surface area contributed by atoms with Crippen LogP contribution < -0.4 is 11.1 Å². The first-order chi connectivity index (χ1) is 17.1. The number of nitrogens with one attached hydrogen (secondary N) is 1. The molecule has 6 N–H and O–H groups in total. The van der Waals surface area contributed by atoms with Gasteiger partial charge in [0.2, 0.25) is 13.3 Å². The summed E-state index contributed by atoms with van der Waals surface area (Å²) in [6.45, 7) is 1.25. The number of carbonyl (C=O) groups is 2. The van der Waals surface area contributed by atoms with Crippen LogP contribution in [-0.4, -0.2) is 45.3 Å². The first-order valence-electron chi connectivity index (χ1n) is 11.6. The van der Waals surface area contributed by atoms with E-state index in [0.717, 1.165) is 16.7 Å². The van der Waals surface area contributed by atoms with Crippen LogP contribution in [0.15, 0.2) is 84.9 Å². The van der Waals surface area contributed by atoms with Crippen molar-refractivity contribution in [2.75, 3.05) is 6.16 Å². The lowest BCUT2D eigenvalue weighted by molar-refractivity contribution is -0.145. The smallest absolute Gasteiger partial charge is 0.328 e. The third-order valence-electron chi connectivity index (χ3n) is 6.02. The van der Waals surface area contributed by atoms with Crippen molar-refractivity contribution in [3.8, 4) is 11.1 Å². The zero-order valence-corrected chi connectivity index (χ0v) is 20.8. The number of carboxylic acid groups (broad SMARTS) is 1. The van der Waals surface area contributed by atoms with E-state index in [0.29, 0.717) is 5.56 Å². The Bertz CT molecular complexity index is 1200. The fourth-order valence-electron chi connectivity index (χ4n) is 3.96. The molecule has 2 unspecified atom stereocenters. The van der Waals surface area contributed by atoms with Gasteiger partial charge in [-0.15, -0.1) is 0 Å². The van der Waals surface area contributed by atoms with Crippen molar-refractivity contribution >= 4 is 19.2 Å². The van der Waals surface area contributed by atoms with Crippen molar-refractivity contribution < 1.29 is 29.3 Å². The van der Waals surface area contributed by atoms with Crippen LogP contribution in [0, 0.1) is 5.92 Å². The molecule has 0 aliphatic rings. The number of carbonyl (C=O) groups excluding carboxylic acids is 1. The van der Waals surface area contributed by atoms with Gasteiger partial charge in [0.05, 0.1) is 12.0 Å². The lowest BCUT2D eigenvalue weighted by atomic mass is 9.97. The first kappa shape index (κ1) is 27.3. The molecule has 36 heavy (non-hydrogen) atoms. The molecule has 1 amide bonds. The molecule has 0 aromatic heterocycles. The minimum atomic E-state index is -4.09. The second-order valence-electron chi connectivity index (χ2n) is 8.82. The van der Waals surface area contributed by atoms with Crippen LogP contribution in [0.5, 0.6) is 0 Å². The summed E-state index contributed by atoms with van der Waals surface area (Å²) in [5.74, 6) is -4.41. The molecule has 0 heterocycles. The summed E-state index contributed by atoms with van der Waals surface area (Å²) in [5.41, 5.74) is 9.30. The Morgan fingerprint density at radius 3 is 1.97 bits per heavy atom. The standard InChI is InChI=1S/C27H31N2O6P/c1-18(30)24(27(32)33)29-26(31)23(17-36(34,35)25(28)22-10-6-3-7-11-22)16-19-12-14-21(15-13-19)20-8-4-2-5-9-20/h2-15,18,23-25,30H,16-17,28H2,1H3,(H,29,31)(H,32,33)(H,34,35)/t18?,23-,24+,25-/m1/s1. The fourth-order valence-corrected chi connectivity index (χ4v) is 5.75. The van der Waals surface area contributed by atoms with Crippen LogP contribution in [0.2, 0.25) is 0 Å². The molecule has 5 atom stereocenters. The number of aliphatic carboxylic acids is 1. The Morgan fingerprint density at radius 1 is 0.917 bits per heavy atom. The summed E-state index contributed by atoms with van der Waals surface area (Å²) in [4.78, 5) is 35.5. The van der Waals surface area contributed by atoms with E-state index in [1.807, 2.05) is 54.6 Å². The zero-order valence-electron chi connectivity index (χ0n) is 19.9. The largest absolute Gasteiger partial charge is 0.480 e. The van der Waals surface area contributed by atoms with Gasteiger partial charge < -0.3 is 26.2 Å². The topological polar surface area (TPSA) is 150 Å². The van der Waals surface area contributed by atoms with E-state index in [4.69, 9.17) is 5.73 Å². The molecular weight excluding hydrogens is 479 g/mol. The van der Waals surface area contributed by atoms with Gasteiger partial charge in [0.15, 0.2) is 6.04 Å². The molecule has 3 rings (SSSR count). The highest BCUT2D eigenvalue weighted by atomic mass is 31.2. The Labute approximate surface area is 210 Å². The SMILES string of the molecule is CC(O)[C@H](NC(=O)[C@H](Cc1ccc(-c2ccccc2)cc1)CP(=O)(O)[C@@H](N)c1ccccc1)C(=O)O. The molecule has 8 nitrogen and oxygen atoms in total. The second kappa shape index (κ2) is 12.1. The van der Waals surface area contributed by atoms with Crippen molar-refractivity contribution in [1.29, 1.82) is 0 Å². The van der Waals surface area contributed by atoms with Crippen LogP contribution in [0.25, 0.3) is 11.1 Å². The third kappa shape index (κ3) is 7.12. The van der Waals surface area contributed by atoms with Crippen LogP contribution in [0.4, 0.5) is 0 Å². The number of aliphatic hydroxyl groups excluding tert-OH is 1. The molecule has 0 saturated heterocycles. The number of amides is 1. The Morgan fingerprint density at radius 2 is 1.44 bits per heavy atom. The monoisotopic (exact) mass is 510 g/mol. The molecule has 0 saturated carbocycles. The van der Waals surface area contributed by atoms with Gasteiger partial charge in [0, 0.05) is 6.16 Å². The summed E-state index contributed by atoms with van der Waals surface area (Å²) in [6, 6.07) is 24.0. The average Bonchev–Trinajstić information content (AvgIpc) is 2.87. The van der Waals surface area contributed by atoms with E-state index in [2.05, 4.69) is 5.32 Å². The maximum absolute atomic E-state index is 13.3. The highest BCUT2D eigenvalue weighted by Crippen LogP contribution is 2.54. The summed E-state index contributed by atoms with van der Waals surface area (Å²) >= 11 is 0. The number of nitrogens with two attached hydrogens (primary N) is 1. The predicted molar refractivity (Wildman–Crippen MR) is 138 cm³/mol. The fraction of sp³-hybridized carbons (Fsp3) is 0.259. The highest BCUT2D eigenvalue weighted by molar-refractivity contribution is 7.58. The minimum Gasteiger partial charge on any atom is -0.480 e. The molecule has 3 aromatic carbocycles. The van der Waals surface area contributed by atoms with Gasteiger partial charge in [-0.2, -0.15) is 0 Å². The normalized spacial score (nSPS) is 16.2. The summed E-state index contributed by atoms with van der Waals surface area (Å²) in [5, 5.41) is 21.5. The van der Waals surface area contributed by atoms with Crippen LogP contribution in [0.3, 0.4) is 0 Å². The van der Waals surface area contributed by atoms with Crippen LogP contribution in [-0.2, 0) is 20.6 Å². The van der Waals surface area contributed by atoms with Crippen molar-refractivity contribution in [2.45, 2.75) is 31.3 Å². The van der Waals surface area contributed by atoms with Crippen LogP contribution >= 0.6 is 7.37 Å². The van der Waals surface area contributed by atoms with E-state index in [9.17, 15) is 29.3 Å². The van der Waals surface area contributed by atoms with Crippen molar-refractivity contribution in [1.82, 2.24) is 5.32 Å². The van der Waals surface area contributed by atoms with E-state index in [1.165, 1.54) is 6.92 Å².